The van der Waals surface area contributed by atoms with Crippen LogP contribution < -0.4 is 4.74 Å². The highest BCUT2D eigenvalue weighted by Crippen LogP contribution is 2.22. The molecule has 3 heteroatoms. The fourth-order valence-electron chi connectivity index (χ4n) is 1.70. The largest absolute Gasteiger partial charge is 0.491 e. The second-order valence-corrected chi connectivity index (χ2v) is 4.45. The van der Waals surface area contributed by atoms with Crippen molar-refractivity contribution >= 4 is 5.97 Å². The van der Waals surface area contributed by atoms with Crippen molar-refractivity contribution in [2.24, 2.45) is 0 Å². The van der Waals surface area contributed by atoms with Crippen LogP contribution in [0.2, 0.25) is 0 Å². The van der Waals surface area contributed by atoms with Crippen LogP contribution in [0, 0.1) is 11.8 Å². The summed E-state index contributed by atoms with van der Waals surface area (Å²) in [7, 11) is 0. The molecule has 0 aromatic heterocycles. The molecule has 0 fully saturated rings. The predicted molar refractivity (Wildman–Crippen MR) is 75.3 cm³/mol. The van der Waals surface area contributed by atoms with Crippen LogP contribution >= 0.6 is 0 Å². The second kappa shape index (κ2) is 7.48. The highest BCUT2D eigenvalue weighted by atomic mass is 16.5. The molecule has 1 aromatic rings. The SMILES string of the molecule is CC#CC(CC(=O)O)c1ccc(OC(C)CC)cc1. The number of ether oxygens (including phenoxy) is 1. The lowest BCUT2D eigenvalue weighted by molar-refractivity contribution is -0.137. The number of rotatable bonds is 6. The molecule has 0 aliphatic rings. The molecule has 0 spiro atoms. The summed E-state index contributed by atoms with van der Waals surface area (Å²) >= 11 is 0. The topological polar surface area (TPSA) is 46.5 Å². The van der Waals surface area contributed by atoms with Gasteiger partial charge in [-0.1, -0.05) is 25.0 Å². The molecule has 0 aliphatic heterocycles. The first kappa shape index (κ1) is 15.1. The van der Waals surface area contributed by atoms with Crippen molar-refractivity contribution in [3.63, 3.8) is 0 Å². The lowest BCUT2D eigenvalue weighted by atomic mass is 9.96. The molecule has 1 aromatic carbocycles. The first-order valence-electron chi connectivity index (χ1n) is 6.47. The van der Waals surface area contributed by atoms with Gasteiger partial charge < -0.3 is 9.84 Å². The highest BCUT2D eigenvalue weighted by molar-refractivity contribution is 5.69. The minimum absolute atomic E-state index is 0.0202. The van der Waals surface area contributed by atoms with Gasteiger partial charge in [0, 0.05) is 0 Å². The Morgan fingerprint density at radius 1 is 1.37 bits per heavy atom. The number of benzene rings is 1. The molecule has 0 bridgehead atoms. The predicted octanol–water partition coefficient (Wildman–Crippen LogP) is 3.45. The van der Waals surface area contributed by atoms with E-state index in [2.05, 4.69) is 18.8 Å². The average molecular weight is 260 g/mol. The minimum Gasteiger partial charge on any atom is -0.491 e. The van der Waals surface area contributed by atoms with E-state index in [4.69, 9.17) is 9.84 Å². The van der Waals surface area contributed by atoms with Crippen LogP contribution in [-0.4, -0.2) is 17.2 Å². The maximum Gasteiger partial charge on any atom is 0.304 e. The second-order valence-electron chi connectivity index (χ2n) is 4.45. The normalized spacial score (nSPS) is 13.0. The molecule has 1 rings (SSSR count). The number of hydrogen-bond donors (Lipinski definition) is 1. The summed E-state index contributed by atoms with van der Waals surface area (Å²) in [5.74, 6) is 5.41. The van der Waals surface area contributed by atoms with Crippen molar-refractivity contribution < 1.29 is 14.6 Å². The Balaban J connectivity index is 2.82. The zero-order valence-corrected chi connectivity index (χ0v) is 11.6. The van der Waals surface area contributed by atoms with Crippen molar-refractivity contribution in [1.29, 1.82) is 0 Å². The Morgan fingerprint density at radius 2 is 2.00 bits per heavy atom. The van der Waals surface area contributed by atoms with Crippen LogP contribution in [0.1, 0.15) is 45.1 Å². The van der Waals surface area contributed by atoms with E-state index in [0.717, 1.165) is 17.7 Å². The highest BCUT2D eigenvalue weighted by Gasteiger charge is 2.13. The summed E-state index contributed by atoms with van der Waals surface area (Å²) in [5, 5.41) is 8.88. The quantitative estimate of drug-likeness (QED) is 0.797. The van der Waals surface area contributed by atoms with Gasteiger partial charge in [0.05, 0.1) is 18.4 Å². The van der Waals surface area contributed by atoms with Crippen LogP contribution in [0.15, 0.2) is 24.3 Å². The van der Waals surface area contributed by atoms with Gasteiger partial charge in [-0.25, -0.2) is 0 Å². The van der Waals surface area contributed by atoms with E-state index in [1.54, 1.807) is 6.92 Å². The monoisotopic (exact) mass is 260 g/mol. The Labute approximate surface area is 114 Å². The molecule has 0 saturated heterocycles. The lowest BCUT2D eigenvalue weighted by Crippen LogP contribution is -2.10. The van der Waals surface area contributed by atoms with Crippen molar-refractivity contribution in [1.82, 2.24) is 0 Å². The molecule has 0 saturated carbocycles. The van der Waals surface area contributed by atoms with E-state index in [1.807, 2.05) is 31.2 Å². The van der Waals surface area contributed by atoms with Gasteiger partial charge in [0.1, 0.15) is 5.75 Å². The van der Waals surface area contributed by atoms with Gasteiger partial charge in [-0.3, -0.25) is 4.79 Å². The first-order valence-corrected chi connectivity index (χ1v) is 6.47. The van der Waals surface area contributed by atoms with E-state index >= 15 is 0 Å². The van der Waals surface area contributed by atoms with Gasteiger partial charge in [-0.15, -0.1) is 5.92 Å². The molecule has 0 amide bonds. The number of carboxylic acid groups (broad SMARTS) is 1. The van der Waals surface area contributed by atoms with E-state index in [9.17, 15) is 4.79 Å². The fraction of sp³-hybridized carbons (Fsp3) is 0.438. The van der Waals surface area contributed by atoms with Gasteiger partial charge in [0.2, 0.25) is 0 Å². The van der Waals surface area contributed by atoms with Gasteiger partial charge in [-0.2, -0.15) is 0 Å². The third-order valence-corrected chi connectivity index (χ3v) is 2.89. The summed E-state index contributed by atoms with van der Waals surface area (Å²) in [4.78, 5) is 10.8. The van der Waals surface area contributed by atoms with Crippen molar-refractivity contribution in [3.05, 3.63) is 29.8 Å². The van der Waals surface area contributed by atoms with Crippen LogP contribution in [-0.2, 0) is 4.79 Å². The third kappa shape index (κ3) is 5.05. The smallest absolute Gasteiger partial charge is 0.304 e. The third-order valence-electron chi connectivity index (χ3n) is 2.89. The van der Waals surface area contributed by atoms with Crippen molar-refractivity contribution in [3.8, 4) is 17.6 Å². The first-order chi connectivity index (χ1) is 9.06. The minimum atomic E-state index is -0.840. The maximum atomic E-state index is 10.8. The molecular weight excluding hydrogens is 240 g/mol. The summed E-state index contributed by atoms with van der Waals surface area (Å²) in [5.41, 5.74) is 0.910. The Morgan fingerprint density at radius 3 is 2.47 bits per heavy atom. The van der Waals surface area contributed by atoms with Crippen molar-refractivity contribution in [2.45, 2.75) is 45.6 Å². The van der Waals surface area contributed by atoms with Gasteiger partial charge in [0.25, 0.3) is 0 Å². The van der Waals surface area contributed by atoms with E-state index in [0.29, 0.717) is 0 Å². The van der Waals surface area contributed by atoms with Gasteiger partial charge in [0.15, 0.2) is 0 Å². The average Bonchev–Trinajstić information content (AvgIpc) is 2.38. The van der Waals surface area contributed by atoms with Crippen LogP contribution in [0.5, 0.6) is 5.75 Å². The zero-order valence-electron chi connectivity index (χ0n) is 11.6. The number of carboxylic acids is 1. The molecule has 2 atom stereocenters. The molecule has 3 nitrogen and oxygen atoms in total. The molecule has 102 valence electrons. The molecule has 1 N–H and O–H groups in total. The Kier molecular flexibility index (Phi) is 5.95. The van der Waals surface area contributed by atoms with Gasteiger partial charge >= 0.3 is 5.97 Å². The lowest BCUT2D eigenvalue weighted by Gasteiger charge is -2.14. The van der Waals surface area contributed by atoms with Crippen LogP contribution in [0.25, 0.3) is 0 Å². The Hall–Kier alpha value is -1.95. The number of carbonyl (C=O) groups is 1. The molecule has 0 heterocycles. The summed E-state index contributed by atoms with van der Waals surface area (Å²) in [6.45, 7) is 5.80. The number of hydrogen-bond acceptors (Lipinski definition) is 2. The van der Waals surface area contributed by atoms with E-state index in [-0.39, 0.29) is 18.4 Å². The van der Waals surface area contributed by atoms with Gasteiger partial charge in [-0.05, 0) is 38.0 Å². The maximum absolute atomic E-state index is 10.8. The van der Waals surface area contributed by atoms with E-state index < -0.39 is 5.97 Å². The Bertz CT molecular complexity index is 465. The van der Waals surface area contributed by atoms with Crippen molar-refractivity contribution in [2.75, 3.05) is 0 Å². The molecule has 2 unspecified atom stereocenters. The summed E-state index contributed by atoms with van der Waals surface area (Å²) < 4.78 is 5.69. The summed E-state index contributed by atoms with van der Waals surface area (Å²) in [6, 6.07) is 7.51. The molecular formula is C16H20O3. The summed E-state index contributed by atoms with van der Waals surface area (Å²) in [6.07, 6.45) is 1.15. The molecule has 19 heavy (non-hydrogen) atoms. The number of aliphatic carboxylic acids is 1. The van der Waals surface area contributed by atoms with E-state index in [1.165, 1.54) is 0 Å². The van der Waals surface area contributed by atoms with Crippen LogP contribution in [0.4, 0.5) is 0 Å². The fourth-order valence-corrected chi connectivity index (χ4v) is 1.70. The van der Waals surface area contributed by atoms with Crippen LogP contribution in [0.3, 0.4) is 0 Å². The standard InChI is InChI=1S/C16H20O3/c1-4-6-14(11-16(17)18)13-7-9-15(10-8-13)19-12(3)5-2/h7-10,12,14H,5,11H2,1-3H3,(H,17,18). The molecule has 0 aliphatic carbocycles. The molecule has 0 radical (unpaired) electrons. The zero-order chi connectivity index (χ0) is 14.3.